The molecule has 4 aromatic heterocycles. The van der Waals surface area contributed by atoms with Crippen LogP contribution in [0.1, 0.15) is 17.5 Å². The highest BCUT2D eigenvalue weighted by Gasteiger charge is 2.43. The molecule has 0 unspecified atom stereocenters. The number of allylic oxidation sites excluding steroid dienone is 4. The van der Waals surface area contributed by atoms with Crippen molar-refractivity contribution in [3.05, 3.63) is 206 Å². The molecule has 4 aliphatic heterocycles. The van der Waals surface area contributed by atoms with Gasteiger partial charge in [0.05, 0.1) is 36.2 Å². The summed E-state index contributed by atoms with van der Waals surface area (Å²) in [5.41, 5.74) is 16.6. The highest BCUT2D eigenvalue weighted by Crippen LogP contribution is 2.39. The van der Waals surface area contributed by atoms with Crippen molar-refractivity contribution in [1.29, 1.82) is 0 Å². The molecule has 0 spiro atoms. The van der Waals surface area contributed by atoms with E-state index in [-0.39, 0.29) is 13.4 Å². The predicted molar refractivity (Wildman–Crippen MR) is 270 cm³/mol. The summed E-state index contributed by atoms with van der Waals surface area (Å²) in [7, 11) is 0. The van der Waals surface area contributed by atoms with Crippen LogP contribution in [0.5, 0.6) is 46.3 Å². The van der Waals surface area contributed by atoms with Gasteiger partial charge in [0, 0.05) is 34.4 Å². The van der Waals surface area contributed by atoms with Gasteiger partial charge in [0.25, 0.3) is 13.4 Å². The van der Waals surface area contributed by atoms with Crippen LogP contribution in [0.15, 0.2) is 195 Å². The van der Waals surface area contributed by atoms with Gasteiger partial charge in [-0.1, -0.05) is 109 Å². The molecule has 0 radical (unpaired) electrons. The van der Waals surface area contributed by atoms with Crippen molar-refractivity contribution in [3.8, 4) is 79.9 Å². The molecule has 1 aliphatic carbocycles. The van der Waals surface area contributed by atoms with Crippen LogP contribution in [0.4, 0.5) is 0 Å². The number of fused-ring (bicyclic) bond motifs is 8. The zero-order valence-corrected chi connectivity index (χ0v) is 36.7. The zero-order chi connectivity index (χ0) is 45.2. The summed E-state index contributed by atoms with van der Waals surface area (Å²) in [5, 5.41) is 9.49. The van der Waals surface area contributed by atoms with E-state index in [4.69, 9.17) is 39.1 Å². The molecule has 0 saturated heterocycles. The Morgan fingerprint density at radius 1 is 0.406 bits per heavy atom. The van der Waals surface area contributed by atoms with Gasteiger partial charge in [-0.2, -0.15) is 10.2 Å². The van der Waals surface area contributed by atoms with Crippen LogP contribution in [0.25, 0.3) is 44.8 Å². The molecule has 6 aromatic carbocycles. The molecule has 8 heterocycles. The van der Waals surface area contributed by atoms with E-state index in [0.717, 1.165) is 124 Å². The number of rotatable bonds is 6. The highest BCUT2D eigenvalue weighted by atomic mass is 16.5. The van der Waals surface area contributed by atoms with Gasteiger partial charge < -0.3 is 18.9 Å². The first-order valence-corrected chi connectivity index (χ1v) is 23.0. The molecule has 0 amide bonds. The lowest BCUT2D eigenvalue weighted by Gasteiger charge is -2.32. The average Bonchev–Trinajstić information content (AvgIpc) is 4.22. The number of hydrogen-bond acceptors (Lipinski definition) is 8. The standard InChI is InChI=1S/C57H34B2N6O4/c1-3-9-34(10-4-1)40-28-62-64(32-40)42-26-46-56(60-30-42)68-52-15-7-13-50-54(52)58(46)44-24-38(19-21-48(44)66-50)36-17-18-37(23-36)39-20-22-49-45(25-39)59-47-27-43(65-33-41(29-63-65)35-11-5-2-6-12-35)31-61-57(47)69-53-16-8-14-51(67-49)55(53)59/h1-17,19-33H,18H2. The van der Waals surface area contributed by atoms with E-state index in [1.807, 2.05) is 119 Å². The van der Waals surface area contributed by atoms with E-state index < -0.39 is 0 Å². The van der Waals surface area contributed by atoms with Crippen LogP contribution in [0.3, 0.4) is 0 Å². The van der Waals surface area contributed by atoms with E-state index in [1.54, 1.807) is 0 Å². The topological polar surface area (TPSA) is 98.3 Å². The lowest BCUT2D eigenvalue weighted by atomic mass is 9.35. The SMILES string of the molecule is C1=C(c2ccc3c(c2)B2c4cc(-n5cc(-c6ccccc6)cn5)cnc4Oc4cccc(c42)O3)C=C(c2ccc3c(c2)B2c4cc(-n5cc(-c6ccccc6)cn5)cnc4Oc4cccc(c42)O3)C1. The third-order valence-electron chi connectivity index (χ3n) is 14.0. The van der Waals surface area contributed by atoms with Gasteiger partial charge in [-0.15, -0.1) is 0 Å². The summed E-state index contributed by atoms with van der Waals surface area (Å²) >= 11 is 0. The second-order valence-electron chi connectivity index (χ2n) is 17.9. The number of hydrogen-bond donors (Lipinski definition) is 0. The minimum atomic E-state index is -0.171. The Balaban J connectivity index is 0.778. The molecule has 10 aromatic rings. The van der Waals surface area contributed by atoms with Crippen molar-refractivity contribution in [2.24, 2.45) is 0 Å². The van der Waals surface area contributed by atoms with E-state index in [1.165, 1.54) is 5.57 Å². The first kappa shape index (κ1) is 38.0. The Morgan fingerprint density at radius 3 is 1.43 bits per heavy atom. The fourth-order valence-electron chi connectivity index (χ4n) is 10.7. The molecular formula is C57H34B2N6O4. The Morgan fingerprint density at radius 2 is 0.899 bits per heavy atom. The van der Waals surface area contributed by atoms with Crippen LogP contribution < -0.4 is 51.7 Å². The van der Waals surface area contributed by atoms with Crippen molar-refractivity contribution in [3.63, 3.8) is 0 Å². The first-order chi connectivity index (χ1) is 34.1. The third-order valence-corrected chi connectivity index (χ3v) is 14.0. The molecule has 12 heteroatoms. The Kier molecular flexibility index (Phi) is 8.08. The number of aromatic nitrogens is 6. The molecule has 69 heavy (non-hydrogen) atoms. The van der Waals surface area contributed by atoms with Crippen LogP contribution in [-0.2, 0) is 0 Å². The Bertz CT molecular complexity index is 3840. The molecule has 15 rings (SSSR count). The summed E-state index contributed by atoms with van der Waals surface area (Å²) in [6, 6.07) is 49.9. The number of ether oxygens (including phenoxy) is 4. The molecule has 10 nitrogen and oxygen atoms in total. The van der Waals surface area contributed by atoms with Crippen molar-refractivity contribution < 1.29 is 18.9 Å². The smallest absolute Gasteiger partial charge is 0.262 e. The Hall–Kier alpha value is -9.15. The van der Waals surface area contributed by atoms with Gasteiger partial charge in [0.1, 0.15) is 34.5 Å². The predicted octanol–water partition coefficient (Wildman–Crippen LogP) is 8.51. The summed E-state index contributed by atoms with van der Waals surface area (Å²) in [4.78, 5) is 9.76. The molecule has 322 valence electrons. The molecular weight excluding hydrogens is 854 g/mol. The molecule has 0 atom stereocenters. The molecule has 0 fully saturated rings. The fraction of sp³-hybridized carbons (Fsp3) is 0.0175. The molecule has 0 bridgehead atoms. The summed E-state index contributed by atoms with van der Waals surface area (Å²) in [6.07, 6.45) is 16.9. The summed E-state index contributed by atoms with van der Waals surface area (Å²) < 4.78 is 30.0. The van der Waals surface area contributed by atoms with Crippen molar-refractivity contribution in [2.75, 3.05) is 0 Å². The van der Waals surface area contributed by atoms with E-state index >= 15 is 0 Å². The van der Waals surface area contributed by atoms with Gasteiger partial charge >= 0.3 is 0 Å². The summed E-state index contributed by atoms with van der Waals surface area (Å²) in [5.74, 6) is 5.85. The van der Waals surface area contributed by atoms with Crippen molar-refractivity contribution >= 4 is 57.3 Å². The Labute approximate surface area is 396 Å². The number of nitrogens with zero attached hydrogens (tertiary/aromatic N) is 6. The van der Waals surface area contributed by atoms with Crippen molar-refractivity contribution in [2.45, 2.75) is 6.42 Å². The lowest BCUT2D eigenvalue weighted by molar-refractivity contribution is 0.452. The maximum Gasteiger partial charge on any atom is 0.262 e. The van der Waals surface area contributed by atoms with Crippen molar-refractivity contribution in [1.82, 2.24) is 29.5 Å². The van der Waals surface area contributed by atoms with Crippen LogP contribution >= 0.6 is 0 Å². The lowest BCUT2D eigenvalue weighted by Crippen LogP contribution is -2.57. The largest absolute Gasteiger partial charge is 0.458 e. The fourth-order valence-corrected chi connectivity index (χ4v) is 10.7. The van der Waals surface area contributed by atoms with Gasteiger partial charge in [0.15, 0.2) is 0 Å². The van der Waals surface area contributed by atoms with Crippen LogP contribution in [-0.4, -0.2) is 43.0 Å². The molecule has 0 N–H and O–H groups in total. The third kappa shape index (κ3) is 6.01. The van der Waals surface area contributed by atoms with Gasteiger partial charge in [0.2, 0.25) is 11.8 Å². The average molecular weight is 889 g/mol. The van der Waals surface area contributed by atoms with Crippen LogP contribution in [0.2, 0.25) is 0 Å². The second-order valence-corrected chi connectivity index (χ2v) is 17.9. The first-order valence-electron chi connectivity index (χ1n) is 23.0. The monoisotopic (exact) mass is 888 g/mol. The highest BCUT2D eigenvalue weighted by molar-refractivity contribution is 6.99. The number of benzene rings is 6. The minimum Gasteiger partial charge on any atom is -0.458 e. The van der Waals surface area contributed by atoms with Gasteiger partial charge in [-0.25, -0.2) is 19.3 Å². The number of pyridine rings is 2. The van der Waals surface area contributed by atoms with Gasteiger partial charge in [-0.05, 0) is 110 Å². The molecule has 5 aliphatic rings. The maximum absolute atomic E-state index is 6.62. The quantitative estimate of drug-likeness (QED) is 0.154. The summed E-state index contributed by atoms with van der Waals surface area (Å²) in [6.45, 7) is -0.338. The van der Waals surface area contributed by atoms with E-state index in [2.05, 4.69) is 84.9 Å². The van der Waals surface area contributed by atoms with E-state index in [9.17, 15) is 0 Å². The van der Waals surface area contributed by atoms with Crippen LogP contribution in [0, 0.1) is 0 Å². The second kappa shape index (κ2) is 14.7. The normalized spacial score (nSPS) is 14.0. The minimum absolute atomic E-state index is 0.167. The van der Waals surface area contributed by atoms with Gasteiger partial charge in [-0.3, -0.25) is 0 Å². The zero-order valence-electron chi connectivity index (χ0n) is 36.7. The maximum atomic E-state index is 6.62. The van der Waals surface area contributed by atoms with E-state index in [0.29, 0.717) is 11.8 Å². The molecule has 0 saturated carbocycles.